The van der Waals surface area contributed by atoms with Crippen LogP contribution in [0.2, 0.25) is 0 Å². The smallest absolute Gasteiger partial charge is 0.548 e. The summed E-state index contributed by atoms with van der Waals surface area (Å²) in [5.41, 5.74) is 1.17. The molecule has 0 fully saturated rings. The summed E-state index contributed by atoms with van der Waals surface area (Å²) in [4.78, 5) is 22.4. The molecule has 5 nitrogen and oxygen atoms in total. The molecule has 0 unspecified atom stereocenters. The molecule has 0 bridgehead atoms. The van der Waals surface area contributed by atoms with E-state index in [1.807, 2.05) is 18.2 Å². The SMILES string of the molecule is CCOC(=O)/C=C(/C)N[C@@H](C(=O)[O-])C1=CCC=CC1.[Na+]. The summed E-state index contributed by atoms with van der Waals surface area (Å²) in [5, 5.41) is 13.9. The number of carbonyl (C=O) groups is 2. The van der Waals surface area contributed by atoms with Gasteiger partial charge in [-0.2, -0.15) is 0 Å². The number of carboxylic acid groups (broad SMARTS) is 1. The van der Waals surface area contributed by atoms with Crippen LogP contribution >= 0.6 is 0 Å². The molecule has 6 heteroatoms. The summed E-state index contributed by atoms with van der Waals surface area (Å²) in [6.45, 7) is 3.60. The van der Waals surface area contributed by atoms with E-state index in [2.05, 4.69) is 5.32 Å². The summed E-state index contributed by atoms with van der Waals surface area (Å²) in [5.74, 6) is -1.71. The van der Waals surface area contributed by atoms with Gasteiger partial charge in [-0.15, -0.1) is 0 Å². The Labute approximate surface area is 141 Å². The number of ether oxygens (including phenoxy) is 1. The van der Waals surface area contributed by atoms with Crippen molar-refractivity contribution in [2.75, 3.05) is 6.61 Å². The van der Waals surface area contributed by atoms with Gasteiger partial charge in [0.15, 0.2) is 0 Å². The second-order valence-corrected chi connectivity index (χ2v) is 4.17. The number of hydrogen-bond donors (Lipinski definition) is 1. The minimum atomic E-state index is -1.21. The van der Waals surface area contributed by atoms with Crippen molar-refractivity contribution in [1.29, 1.82) is 0 Å². The first-order chi connectivity index (χ1) is 9.04. The molecular formula is C14H18NNaO4. The third-order valence-electron chi connectivity index (χ3n) is 2.64. The van der Waals surface area contributed by atoms with Gasteiger partial charge in [0.25, 0.3) is 0 Å². The molecule has 0 amide bonds. The normalized spacial score (nSPS) is 15.7. The average Bonchev–Trinajstić information content (AvgIpc) is 2.37. The zero-order chi connectivity index (χ0) is 14.3. The summed E-state index contributed by atoms with van der Waals surface area (Å²) < 4.78 is 4.76. The van der Waals surface area contributed by atoms with Crippen molar-refractivity contribution in [2.24, 2.45) is 0 Å². The second kappa shape index (κ2) is 9.80. The predicted octanol–water partition coefficient (Wildman–Crippen LogP) is -2.56. The van der Waals surface area contributed by atoms with Crippen molar-refractivity contribution in [3.8, 4) is 0 Å². The molecule has 0 heterocycles. The molecule has 1 aliphatic carbocycles. The van der Waals surface area contributed by atoms with Gasteiger partial charge in [0.1, 0.15) is 0 Å². The maximum absolute atomic E-state index is 11.3. The van der Waals surface area contributed by atoms with Crippen LogP contribution in [0, 0.1) is 0 Å². The van der Waals surface area contributed by atoms with E-state index in [1.54, 1.807) is 13.8 Å². The van der Waals surface area contributed by atoms with Crippen molar-refractivity contribution in [3.05, 3.63) is 35.6 Å². The number of rotatable bonds is 6. The molecule has 0 radical (unpaired) electrons. The Balaban J connectivity index is 0.00000361. The summed E-state index contributed by atoms with van der Waals surface area (Å²) in [6, 6.07) is -0.921. The topological polar surface area (TPSA) is 78.5 Å². The first-order valence-electron chi connectivity index (χ1n) is 6.21. The van der Waals surface area contributed by atoms with Gasteiger partial charge in [0, 0.05) is 11.8 Å². The van der Waals surface area contributed by atoms with Crippen LogP contribution in [0.1, 0.15) is 26.7 Å². The van der Waals surface area contributed by atoms with E-state index in [1.165, 1.54) is 6.08 Å². The van der Waals surface area contributed by atoms with Gasteiger partial charge >= 0.3 is 35.5 Å². The first-order valence-corrected chi connectivity index (χ1v) is 6.21. The molecule has 1 atom stereocenters. The Morgan fingerprint density at radius 1 is 1.50 bits per heavy atom. The Hall–Kier alpha value is -1.04. The van der Waals surface area contributed by atoms with Crippen LogP contribution in [-0.4, -0.2) is 24.6 Å². The molecule has 20 heavy (non-hydrogen) atoms. The van der Waals surface area contributed by atoms with Gasteiger partial charge < -0.3 is 20.0 Å². The number of carbonyl (C=O) groups excluding carboxylic acids is 2. The van der Waals surface area contributed by atoms with Crippen LogP contribution in [0.5, 0.6) is 0 Å². The zero-order valence-electron chi connectivity index (χ0n) is 12.1. The van der Waals surface area contributed by atoms with Crippen molar-refractivity contribution in [1.82, 2.24) is 5.32 Å². The molecule has 1 N–H and O–H groups in total. The number of nitrogens with one attached hydrogen (secondary N) is 1. The summed E-state index contributed by atoms with van der Waals surface area (Å²) in [7, 11) is 0. The third kappa shape index (κ3) is 6.41. The first kappa shape index (κ1) is 19.0. The minimum Gasteiger partial charge on any atom is -0.548 e. The molecule has 0 aromatic rings. The van der Waals surface area contributed by atoms with Gasteiger partial charge in [-0.1, -0.05) is 18.2 Å². The molecule has 0 aromatic heterocycles. The third-order valence-corrected chi connectivity index (χ3v) is 2.64. The van der Waals surface area contributed by atoms with Crippen LogP contribution < -0.4 is 40.0 Å². The van der Waals surface area contributed by atoms with Crippen LogP contribution in [0.4, 0.5) is 0 Å². The molecule has 0 aromatic carbocycles. The molecule has 0 saturated carbocycles. The monoisotopic (exact) mass is 287 g/mol. The summed E-state index contributed by atoms with van der Waals surface area (Å²) in [6.07, 6.45) is 8.25. The van der Waals surface area contributed by atoms with E-state index in [4.69, 9.17) is 4.74 Å². The van der Waals surface area contributed by atoms with Crippen LogP contribution in [0.25, 0.3) is 0 Å². The van der Waals surface area contributed by atoms with Gasteiger partial charge in [-0.25, -0.2) is 4.79 Å². The van der Waals surface area contributed by atoms with Gasteiger partial charge in [0.2, 0.25) is 0 Å². The van der Waals surface area contributed by atoms with E-state index in [-0.39, 0.29) is 36.2 Å². The fourth-order valence-corrected chi connectivity index (χ4v) is 1.79. The number of carboxylic acids is 1. The molecule has 0 saturated heterocycles. The quantitative estimate of drug-likeness (QED) is 0.252. The van der Waals surface area contributed by atoms with Crippen molar-refractivity contribution in [3.63, 3.8) is 0 Å². The van der Waals surface area contributed by atoms with E-state index < -0.39 is 18.0 Å². The molecule has 0 spiro atoms. The minimum absolute atomic E-state index is 0. The largest absolute Gasteiger partial charge is 1.00 e. The van der Waals surface area contributed by atoms with Crippen molar-refractivity contribution < 1.29 is 49.0 Å². The number of allylic oxidation sites excluding steroid dienone is 4. The molecule has 1 aliphatic rings. The van der Waals surface area contributed by atoms with Gasteiger partial charge in [0.05, 0.1) is 18.6 Å². The van der Waals surface area contributed by atoms with Crippen LogP contribution in [0.3, 0.4) is 0 Å². The van der Waals surface area contributed by atoms with Crippen molar-refractivity contribution >= 4 is 11.9 Å². The van der Waals surface area contributed by atoms with Crippen LogP contribution in [0.15, 0.2) is 35.6 Å². The van der Waals surface area contributed by atoms with E-state index >= 15 is 0 Å². The second-order valence-electron chi connectivity index (χ2n) is 4.17. The van der Waals surface area contributed by atoms with Crippen molar-refractivity contribution in [2.45, 2.75) is 32.7 Å². The number of aliphatic carboxylic acids is 1. The van der Waals surface area contributed by atoms with Gasteiger partial charge in [-0.05, 0) is 32.3 Å². The Bertz CT molecular complexity index is 440. The fourth-order valence-electron chi connectivity index (χ4n) is 1.79. The van der Waals surface area contributed by atoms with Gasteiger partial charge in [-0.3, -0.25) is 0 Å². The molecule has 0 aliphatic heterocycles. The van der Waals surface area contributed by atoms with E-state index in [9.17, 15) is 14.7 Å². The van der Waals surface area contributed by atoms with E-state index in [0.717, 1.165) is 5.57 Å². The summed E-state index contributed by atoms with van der Waals surface area (Å²) >= 11 is 0. The van der Waals surface area contributed by atoms with Crippen LogP contribution in [-0.2, 0) is 14.3 Å². The Morgan fingerprint density at radius 3 is 2.70 bits per heavy atom. The standard InChI is InChI=1S/C14H19NO4.Na/c1-3-19-12(16)9-10(2)15-13(14(17)18)11-7-5-4-6-8-11;/h4-5,8-9,13,15H,3,6-7H2,1-2H3,(H,17,18);/q;+1/p-1/b10-9-;/t13-;/m1./s1. The molecule has 104 valence electrons. The maximum atomic E-state index is 11.3. The number of esters is 1. The average molecular weight is 287 g/mol. The maximum Gasteiger partial charge on any atom is 1.00 e. The Kier molecular flexibility index (Phi) is 9.29. The predicted molar refractivity (Wildman–Crippen MR) is 68.8 cm³/mol. The zero-order valence-corrected chi connectivity index (χ0v) is 14.1. The fraction of sp³-hybridized carbons (Fsp3) is 0.429. The Morgan fingerprint density at radius 2 is 2.20 bits per heavy atom. The number of hydrogen-bond acceptors (Lipinski definition) is 5. The molecule has 1 rings (SSSR count). The molecular weight excluding hydrogens is 269 g/mol. The van der Waals surface area contributed by atoms with E-state index in [0.29, 0.717) is 18.5 Å².